The Kier molecular flexibility index (Phi) is 6.01. The van der Waals surface area contributed by atoms with E-state index in [0.29, 0.717) is 0 Å². The van der Waals surface area contributed by atoms with Crippen LogP contribution in [0.25, 0.3) is 0 Å². The van der Waals surface area contributed by atoms with E-state index in [1.807, 2.05) is 0 Å². The van der Waals surface area contributed by atoms with Crippen LogP contribution in [-0.2, 0) is 9.53 Å². The van der Waals surface area contributed by atoms with Crippen molar-refractivity contribution in [1.82, 2.24) is 15.3 Å². The van der Waals surface area contributed by atoms with Crippen LogP contribution >= 0.6 is 0 Å². The molecule has 1 saturated carbocycles. The number of nitrogens with zero attached hydrogens (tertiary/aromatic N) is 3. The van der Waals surface area contributed by atoms with Crippen molar-refractivity contribution < 1.29 is 9.53 Å². The lowest BCUT2D eigenvalue weighted by Gasteiger charge is -2.33. The van der Waals surface area contributed by atoms with Gasteiger partial charge in [0.1, 0.15) is 5.82 Å². The van der Waals surface area contributed by atoms with Gasteiger partial charge >= 0.3 is 0 Å². The summed E-state index contributed by atoms with van der Waals surface area (Å²) in [5.41, 5.74) is 0. The number of carbonyl (C=O) groups excluding carboxylic acids is 1. The number of methoxy groups -OCH3 is 1. The van der Waals surface area contributed by atoms with Gasteiger partial charge in [-0.3, -0.25) is 9.78 Å². The number of nitrogens with one attached hydrogen (secondary N) is 1. The second kappa shape index (κ2) is 8.42. The van der Waals surface area contributed by atoms with Gasteiger partial charge in [0.15, 0.2) is 0 Å². The van der Waals surface area contributed by atoms with Crippen molar-refractivity contribution in [3.05, 3.63) is 18.6 Å². The van der Waals surface area contributed by atoms with Crippen LogP contribution in [0.15, 0.2) is 18.6 Å². The van der Waals surface area contributed by atoms with Crippen LogP contribution in [0.5, 0.6) is 0 Å². The smallest absolute Gasteiger partial charge is 0.223 e. The summed E-state index contributed by atoms with van der Waals surface area (Å²) in [7, 11) is 1.76. The Morgan fingerprint density at radius 3 is 2.67 bits per heavy atom. The molecule has 24 heavy (non-hydrogen) atoms. The van der Waals surface area contributed by atoms with Crippen molar-refractivity contribution >= 4 is 11.7 Å². The van der Waals surface area contributed by atoms with Gasteiger partial charge in [-0.1, -0.05) is 19.3 Å². The van der Waals surface area contributed by atoms with E-state index in [4.69, 9.17) is 4.74 Å². The third kappa shape index (κ3) is 4.23. The summed E-state index contributed by atoms with van der Waals surface area (Å²) >= 11 is 0. The van der Waals surface area contributed by atoms with E-state index in [9.17, 15) is 4.79 Å². The van der Waals surface area contributed by atoms with Crippen LogP contribution in [-0.4, -0.2) is 48.2 Å². The van der Waals surface area contributed by atoms with Gasteiger partial charge in [0, 0.05) is 38.5 Å². The number of piperidine rings is 1. The van der Waals surface area contributed by atoms with E-state index in [1.165, 1.54) is 19.3 Å². The molecule has 2 heterocycles. The van der Waals surface area contributed by atoms with E-state index in [2.05, 4.69) is 20.2 Å². The number of hydrogen-bond donors (Lipinski definition) is 1. The SMILES string of the molecule is CO[C@H]1CCCCC[C@H]1NC(=O)C1CCN(c2cnccn2)CC1. The third-order valence-electron chi connectivity index (χ3n) is 5.32. The molecule has 0 radical (unpaired) electrons. The van der Waals surface area contributed by atoms with Gasteiger partial charge in [-0.15, -0.1) is 0 Å². The molecule has 1 aliphatic heterocycles. The number of hydrogen-bond acceptors (Lipinski definition) is 5. The Morgan fingerprint density at radius 1 is 1.17 bits per heavy atom. The Bertz CT molecular complexity index is 517. The van der Waals surface area contributed by atoms with E-state index in [1.54, 1.807) is 25.7 Å². The molecule has 0 aromatic carbocycles. The average molecular weight is 332 g/mol. The summed E-state index contributed by atoms with van der Waals surface area (Å²) in [6.07, 6.45) is 12.8. The topological polar surface area (TPSA) is 67.3 Å². The van der Waals surface area contributed by atoms with Crippen molar-refractivity contribution in [2.45, 2.75) is 57.1 Å². The minimum atomic E-state index is 0.0960. The molecule has 1 saturated heterocycles. The second-order valence-corrected chi connectivity index (χ2v) is 6.85. The van der Waals surface area contributed by atoms with Gasteiger partial charge in [0.05, 0.1) is 18.3 Å². The molecule has 1 N–H and O–H groups in total. The first-order valence-corrected chi connectivity index (χ1v) is 9.12. The van der Waals surface area contributed by atoms with Gasteiger partial charge in [-0.25, -0.2) is 4.98 Å². The van der Waals surface area contributed by atoms with Crippen molar-refractivity contribution in [3.63, 3.8) is 0 Å². The first-order valence-electron chi connectivity index (χ1n) is 9.12. The summed E-state index contributed by atoms with van der Waals surface area (Å²) in [6.45, 7) is 1.71. The molecule has 6 nitrogen and oxygen atoms in total. The minimum absolute atomic E-state index is 0.0960. The second-order valence-electron chi connectivity index (χ2n) is 6.85. The molecule has 132 valence electrons. The summed E-state index contributed by atoms with van der Waals surface area (Å²) in [5.74, 6) is 1.20. The molecule has 0 spiro atoms. The highest BCUT2D eigenvalue weighted by Crippen LogP contribution is 2.24. The fourth-order valence-electron chi connectivity index (χ4n) is 3.85. The summed E-state index contributed by atoms with van der Waals surface area (Å²) in [4.78, 5) is 23.3. The fraction of sp³-hybridized carbons (Fsp3) is 0.722. The van der Waals surface area contributed by atoms with E-state index < -0.39 is 0 Å². The maximum absolute atomic E-state index is 12.7. The third-order valence-corrected chi connectivity index (χ3v) is 5.32. The van der Waals surface area contributed by atoms with Crippen molar-refractivity contribution in [2.24, 2.45) is 5.92 Å². The zero-order valence-electron chi connectivity index (χ0n) is 14.5. The molecule has 1 aromatic heterocycles. The molecule has 1 aliphatic carbocycles. The molecule has 2 aliphatic rings. The molecule has 1 amide bonds. The van der Waals surface area contributed by atoms with E-state index >= 15 is 0 Å². The molecule has 0 bridgehead atoms. The summed E-state index contributed by atoms with van der Waals surface area (Å²) in [5, 5.41) is 3.27. The number of aromatic nitrogens is 2. The Labute approximate surface area is 144 Å². The maximum Gasteiger partial charge on any atom is 0.223 e. The number of rotatable bonds is 4. The fourth-order valence-corrected chi connectivity index (χ4v) is 3.85. The van der Waals surface area contributed by atoms with Crippen LogP contribution in [0.1, 0.15) is 44.9 Å². The predicted octanol–water partition coefficient (Wildman–Crippen LogP) is 2.16. The highest BCUT2D eigenvalue weighted by Gasteiger charge is 2.30. The molecular formula is C18H28N4O2. The highest BCUT2D eigenvalue weighted by atomic mass is 16.5. The summed E-state index contributed by atoms with van der Waals surface area (Å²) in [6, 6.07) is 0.169. The average Bonchev–Trinajstić information content (AvgIpc) is 2.87. The number of amides is 1. The van der Waals surface area contributed by atoms with Gasteiger partial charge in [-0.05, 0) is 25.7 Å². The molecule has 3 rings (SSSR count). The molecule has 1 aromatic rings. The van der Waals surface area contributed by atoms with Crippen molar-refractivity contribution in [3.8, 4) is 0 Å². The normalized spacial score (nSPS) is 26.0. The number of ether oxygens (including phenoxy) is 1. The predicted molar refractivity (Wildman–Crippen MR) is 92.8 cm³/mol. The lowest BCUT2D eigenvalue weighted by Crippen LogP contribution is -2.48. The Hall–Kier alpha value is -1.69. The van der Waals surface area contributed by atoms with Crippen LogP contribution in [0.4, 0.5) is 5.82 Å². The Balaban J connectivity index is 1.51. The van der Waals surface area contributed by atoms with Crippen molar-refractivity contribution in [1.29, 1.82) is 0 Å². The standard InChI is InChI=1S/C18H28N4O2/c1-24-16-6-4-2-3-5-15(16)21-18(23)14-7-11-22(12-8-14)17-13-19-9-10-20-17/h9-10,13-16H,2-8,11-12H2,1H3,(H,21,23)/t15-,16+/m1/s1. The first-order chi connectivity index (χ1) is 11.8. The minimum Gasteiger partial charge on any atom is -0.379 e. The van der Waals surface area contributed by atoms with Gasteiger partial charge < -0.3 is 15.0 Å². The quantitative estimate of drug-likeness (QED) is 0.856. The number of carbonyl (C=O) groups is 1. The van der Waals surface area contributed by atoms with Crippen LogP contribution < -0.4 is 10.2 Å². The van der Waals surface area contributed by atoms with Crippen LogP contribution in [0, 0.1) is 5.92 Å². The molecular weight excluding hydrogens is 304 g/mol. The molecule has 0 unspecified atom stereocenters. The monoisotopic (exact) mass is 332 g/mol. The molecule has 6 heteroatoms. The van der Waals surface area contributed by atoms with E-state index in [0.717, 1.165) is 44.6 Å². The van der Waals surface area contributed by atoms with Gasteiger partial charge in [0.25, 0.3) is 0 Å². The maximum atomic E-state index is 12.7. The van der Waals surface area contributed by atoms with Gasteiger partial charge in [0.2, 0.25) is 5.91 Å². The zero-order chi connectivity index (χ0) is 16.8. The Morgan fingerprint density at radius 2 is 1.96 bits per heavy atom. The molecule has 2 fully saturated rings. The van der Waals surface area contributed by atoms with Crippen molar-refractivity contribution in [2.75, 3.05) is 25.1 Å². The van der Waals surface area contributed by atoms with Crippen LogP contribution in [0.3, 0.4) is 0 Å². The summed E-state index contributed by atoms with van der Waals surface area (Å²) < 4.78 is 5.61. The number of anilines is 1. The molecule has 2 atom stereocenters. The van der Waals surface area contributed by atoms with Gasteiger partial charge in [-0.2, -0.15) is 0 Å². The first kappa shape index (κ1) is 17.1. The highest BCUT2D eigenvalue weighted by molar-refractivity contribution is 5.79. The van der Waals surface area contributed by atoms with Crippen LogP contribution in [0.2, 0.25) is 0 Å². The van der Waals surface area contributed by atoms with E-state index in [-0.39, 0.29) is 24.0 Å². The zero-order valence-corrected chi connectivity index (χ0v) is 14.5. The lowest BCUT2D eigenvalue weighted by atomic mass is 9.94. The lowest BCUT2D eigenvalue weighted by molar-refractivity contribution is -0.127. The largest absolute Gasteiger partial charge is 0.379 e.